The molecule has 0 N–H and O–H groups in total. The van der Waals surface area contributed by atoms with Crippen molar-refractivity contribution in [1.82, 2.24) is 9.80 Å². The van der Waals surface area contributed by atoms with Crippen molar-refractivity contribution in [3.63, 3.8) is 0 Å². The molecule has 1 atom stereocenters. The van der Waals surface area contributed by atoms with Crippen LogP contribution in [0.2, 0.25) is 0 Å². The first-order valence-corrected chi connectivity index (χ1v) is 8.71. The summed E-state index contributed by atoms with van der Waals surface area (Å²) >= 11 is 0. The van der Waals surface area contributed by atoms with Crippen molar-refractivity contribution in [3.8, 4) is 0 Å². The minimum atomic E-state index is 0.175. The molecule has 120 valence electrons. The van der Waals surface area contributed by atoms with Crippen molar-refractivity contribution in [1.29, 1.82) is 0 Å². The lowest BCUT2D eigenvalue weighted by atomic mass is 9.80. The molecule has 0 radical (unpaired) electrons. The lowest BCUT2D eigenvalue weighted by molar-refractivity contribution is -0.137. The highest BCUT2D eigenvalue weighted by Gasteiger charge is 2.39. The number of likely N-dealkylation sites (tertiary alicyclic amines) is 1. The van der Waals surface area contributed by atoms with Gasteiger partial charge >= 0.3 is 0 Å². The molecule has 0 bridgehead atoms. The van der Waals surface area contributed by atoms with E-state index in [2.05, 4.69) is 16.8 Å². The Labute approximate surface area is 128 Å². The molecule has 0 unspecified atom stereocenters. The lowest BCUT2D eigenvalue weighted by Crippen LogP contribution is -2.51. The fourth-order valence-electron chi connectivity index (χ4n) is 4.46. The first-order chi connectivity index (χ1) is 10.2. The minimum absolute atomic E-state index is 0.175. The average molecular weight is 294 g/mol. The van der Waals surface area contributed by atoms with E-state index in [1.54, 1.807) is 0 Å². The van der Waals surface area contributed by atoms with Crippen LogP contribution in [0.15, 0.2) is 0 Å². The SMILES string of the molecule is CN1CCOC[C@]2(CCCN(C(=O)CC3CCCC3)C2)C1. The van der Waals surface area contributed by atoms with E-state index in [-0.39, 0.29) is 5.41 Å². The minimum Gasteiger partial charge on any atom is -0.379 e. The monoisotopic (exact) mass is 294 g/mol. The molecule has 1 saturated carbocycles. The van der Waals surface area contributed by atoms with Crippen LogP contribution in [-0.2, 0) is 9.53 Å². The molecular formula is C17H30N2O2. The highest BCUT2D eigenvalue weighted by molar-refractivity contribution is 5.76. The smallest absolute Gasteiger partial charge is 0.222 e. The first kappa shape index (κ1) is 15.3. The summed E-state index contributed by atoms with van der Waals surface area (Å²) in [6.07, 6.45) is 8.28. The summed E-state index contributed by atoms with van der Waals surface area (Å²) in [6, 6.07) is 0. The molecule has 4 nitrogen and oxygen atoms in total. The molecule has 21 heavy (non-hydrogen) atoms. The van der Waals surface area contributed by atoms with E-state index in [1.165, 1.54) is 32.1 Å². The molecule has 2 aliphatic heterocycles. The molecule has 3 rings (SSSR count). The Morgan fingerprint density at radius 3 is 2.81 bits per heavy atom. The molecule has 0 aromatic heterocycles. The van der Waals surface area contributed by atoms with Crippen molar-refractivity contribution in [2.24, 2.45) is 11.3 Å². The third-order valence-corrected chi connectivity index (χ3v) is 5.58. The summed E-state index contributed by atoms with van der Waals surface area (Å²) in [5, 5.41) is 0. The lowest BCUT2D eigenvalue weighted by Gasteiger charge is -2.43. The molecule has 2 saturated heterocycles. The molecule has 1 amide bonds. The van der Waals surface area contributed by atoms with Gasteiger partial charge < -0.3 is 14.5 Å². The normalized spacial score (nSPS) is 32.5. The number of nitrogens with zero attached hydrogens (tertiary/aromatic N) is 2. The number of hydrogen-bond acceptors (Lipinski definition) is 3. The Morgan fingerprint density at radius 1 is 1.19 bits per heavy atom. The summed E-state index contributed by atoms with van der Waals surface area (Å²) in [5.74, 6) is 1.05. The van der Waals surface area contributed by atoms with Crippen LogP contribution in [0.3, 0.4) is 0 Å². The van der Waals surface area contributed by atoms with Gasteiger partial charge in [-0.15, -0.1) is 0 Å². The number of piperidine rings is 1. The Balaban J connectivity index is 1.60. The zero-order chi connectivity index (χ0) is 14.7. The van der Waals surface area contributed by atoms with Gasteiger partial charge in [0, 0.05) is 38.0 Å². The zero-order valence-corrected chi connectivity index (χ0v) is 13.5. The maximum atomic E-state index is 12.6. The predicted octanol–water partition coefficient (Wildman–Crippen LogP) is 2.14. The van der Waals surface area contributed by atoms with Gasteiger partial charge in [-0.05, 0) is 38.6 Å². The van der Waals surface area contributed by atoms with Gasteiger partial charge in [-0.25, -0.2) is 0 Å². The van der Waals surface area contributed by atoms with Crippen molar-refractivity contribution in [3.05, 3.63) is 0 Å². The molecule has 2 heterocycles. The third kappa shape index (κ3) is 3.78. The predicted molar refractivity (Wildman–Crippen MR) is 83.1 cm³/mol. The Bertz CT molecular complexity index is 368. The van der Waals surface area contributed by atoms with Gasteiger partial charge in [0.1, 0.15) is 0 Å². The molecule has 3 fully saturated rings. The summed E-state index contributed by atoms with van der Waals surface area (Å²) < 4.78 is 5.84. The topological polar surface area (TPSA) is 32.8 Å². The molecule has 1 spiro atoms. The standard InChI is InChI=1S/C17H30N2O2/c1-18-9-10-21-14-17(12-18)7-4-8-19(13-17)16(20)11-15-5-2-3-6-15/h15H,2-14H2,1H3/t17-/m1/s1. The van der Waals surface area contributed by atoms with Crippen molar-refractivity contribution >= 4 is 5.91 Å². The summed E-state index contributed by atoms with van der Waals surface area (Å²) in [4.78, 5) is 17.1. The third-order valence-electron chi connectivity index (χ3n) is 5.58. The van der Waals surface area contributed by atoms with Gasteiger partial charge in [0.15, 0.2) is 0 Å². The van der Waals surface area contributed by atoms with Gasteiger partial charge in [0.05, 0.1) is 13.2 Å². The second kappa shape index (κ2) is 6.66. The van der Waals surface area contributed by atoms with E-state index in [0.717, 1.165) is 52.2 Å². The van der Waals surface area contributed by atoms with Gasteiger partial charge in [0.25, 0.3) is 0 Å². The van der Waals surface area contributed by atoms with E-state index in [1.807, 2.05) is 0 Å². The molecule has 0 aromatic rings. The van der Waals surface area contributed by atoms with E-state index in [4.69, 9.17) is 4.74 Å². The molecular weight excluding hydrogens is 264 g/mol. The van der Waals surface area contributed by atoms with Crippen LogP contribution in [0, 0.1) is 11.3 Å². The molecule has 1 aliphatic carbocycles. The highest BCUT2D eigenvalue weighted by atomic mass is 16.5. The highest BCUT2D eigenvalue weighted by Crippen LogP contribution is 2.34. The van der Waals surface area contributed by atoms with E-state index in [0.29, 0.717) is 11.8 Å². The first-order valence-electron chi connectivity index (χ1n) is 8.71. The number of carbonyl (C=O) groups excluding carboxylic acids is 1. The number of ether oxygens (including phenoxy) is 1. The average Bonchev–Trinajstić information content (AvgIpc) is 2.90. The Morgan fingerprint density at radius 2 is 2.00 bits per heavy atom. The molecule has 4 heteroatoms. The summed E-state index contributed by atoms with van der Waals surface area (Å²) in [5.41, 5.74) is 0.175. The summed E-state index contributed by atoms with van der Waals surface area (Å²) in [7, 11) is 2.18. The van der Waals surface area contributed by atoms with Crippen LogP contribution >= 0.6 is 0 Å². The van der Waals surface area contributed by atoms with E-state index < -0.39 is 0 Å². The molecule has 3 aliphatic rings. The second-order valence-electron chi connectivity index (χ2n) is 7.56. The van der Waals surface area contributed by atoms with Gasteiger partial charge in [-0.1, -0.05) is 12.8 Å². The number of likely N-dealkylation sites (N-methyl/N-ethyl adjacent to an activating group) is 1. The number of carbonyl (C=O) groups is 1. The zero-order valence-electron chi connectivity index (χ0n) is 13.5. The van der Waals surface area contributed by atoms with E-state index in [9.17, 15) is 4.79 Å². The second-order valence-corrected chi connectivity index (χ2v) is 7.56. The molecule has 0 aromatic carbocycles. The number of amides is 1. The quantitative estimate of drug-likeness (QED) is 0.782. The van der Waals surface area contributed by atoms with Crippen molar-refractivity contribution in [2.75, 3.05) is 46.4 Å². The number of hydrogen-bond donors (Lipinski definition) is 0. The van der Waals surface area contributed by atoms with Crippen LogP contribution in [0.1, 0.15) is 44.9 Å². The maximum absolute atomic E-state index is 12.6. The summed E-state index contributed by atoms with van der Waals surface area (Å²) in [6.45, 7) is 5.59. The van der Waals surface area contributed by atoms with Crippen molar-refractivity contribution in [2.45, 2.75) is 44.9 Å². The Hall–Kier alpha value is -0.610. The van der Waals surface area contributed by atoms with Crippen LogP contribution in [0.4, 0.5) is 0 Å². The van der Waals surface area contributed by atoms with Crippen LogP contribution < -0.4 is 0 Å². The Kier molecular flexibility index (Phi) is 4.85. The van der Waals surface area contributed by atoms with Gasteiger partial charge in [0.2, 0.25) is 5.91 Å². The van der Waals surface area contributed by atoms with E-state index >= 15 is 0 Å². The number of rotatable bonds is 2. The van der Waals surface area contributed by atoms with Gasteiger partial charge in [-0.3, -0.25) is 4.79 Å². The fraction of sp³-hybridized carbons (Fsp3) is 0.941. The van der Waals surface area contributed by atoms with Crippen LogP contribution in [0.25, 0.3) is 0 Å². The maximum Gasteiger partial charge on any atom is 0.222 e. The largest absolute Gasteiger partial charge is 0.379 e. The van der Waals surface area contributed by atoms with Crippen molar-refractivity contribution < 1.29 is 9.53 Å². The van der Waals surface area contributed by atoms with Gasteiger partial charge in [-0.2, -0.15) is 0 Å². The van der Waals surface area contributed by atoms with Crippen LogP contribution in [-0.4, -0.2) is 62.1 Å². The fourth-order valence-corrected chi connectivity index (χ4v) is 4.46. The van der Waals surface area contributed by atoms with Crippen LogP contribution in [0.5, 0.6) is 0 Å².